The SMILES string of the molecule is CC(C)(C)[C@H](NC(=O)NC1(C(=O)NCc2cccs2)CCCCC1)C(=O)N1C[C@H]2[C@@H]([C@H]1C(=O)CC(CC1CC1)C(=O)C(N)=O)C2(C)C. The molecule has 5 N–H and O–H groups in total. The summed E-state index contributed by atoms with van der Waals surface area (Å²) in [4.78, 5) is 82.7. The summed E-state index contributed by atoms with van der Waals surface area (Å²) in [6.07, 6.45) is 5.79. The van der Waals surface area contributed by atoms with Crippen LogP contribution in [0.5, 0.6) is 0 Å². The van der Waals surface area contributed by atoms with Gasteiger partial charge in [0, 0.05) is 23.8 Å². The largest absolute Gasteiger partial charge is 0.363 e. The Hall–Kier alpha value is -3.28. The van der Waals surface area contributed by atoms with Crippen molar-refractivity contribution in [3.8, 4) is 0 Å². The minimum Gasteiger partial charge on any atom is -0.363 e. The lowest BCUT2D eigenvalue weighted by Gasteiger charge is -2.40. The standard InChI is InChI=1S/C35H51N5O6S/c1-33(2,3)28(38-32(46)39-35(13-7-6-8-14-35)31(45)37-18-22-10-9-15-47-22)30(44)40-19-23-25(34(23,4)5)26(40)24(41)17-21(16-20-11-12-20)27(42)29(36)43/h9-10,15,20-21,23,25-26,28H,6-8,11-14,16-19H2,1-5H3,(H2,36,43)(H,37,45)(H2,38,39,46)/t21?,23-,25-,26+,28+/m0/s1. The van der Waals surface area contributed by atoms with Gasteiger partial charge in [-0.1, -0.05) is 72.8 Å². The van der Waals surface area contributed by atoms with Gasteiger partial charge in [-0.15, -0.1) is 11.3 Å². The van der Waals surface area contributed by atoms with Crippen LogP contribution in [0, 0.1) is 34.5 Å². The van der Waals surface area contributed by atoms with Crippen LogP contribution >= 0.6 is 11.3 Å². The monoisotopic (exact) mass is 669 g/mol. The number of carbonyl (C=O) groups is 6. The summed E-state index contributed by atoms with van der Waals surface area (Å²) in [5, 5.41) is 10.8. The number of thiophene rings is 1. The Morgan fingerprint density at radius 1 is 1.06 bits per heavy atom. The lowest BCUT2D eigenvalue weighted by Crippen LogP contribution is -2.65. The molecular weight excluding hydrogens is 618 g/mol. The lowest BCUT2D eigenvalue weighted by molar-refractivity contribution is -0.144. The minimum absolute atomic E-state index is 0.0730. The van der Waals surface area contributed by atoms with E-state index in [1.165, 1.54) is 0 Å². The van der Waals surface area contributed by atoms with Crippen LogP contribution in [0.4, 0.5) is 4.79 Å². The molecule has 2 heterocycles. The number of urea groups is 1. The number of primary amides is 1. The zero-order valence-corrected chi connectivity index (χ0v) is 29.2. The number of rotatable bonds is 13. The molecule has 0 bridgehead atoms. The molecule has 4 aliphatic rings. The molecule has 3 aliphatic carbocycles. The Bertz CT molecular complexity index is 1390. The first-order valence-electron chi connectivity index (χ1n) is 17.1. The summed E-state index contributed by atoms with van der Waals surface area (Å²) in [6.45, 7) is 10.5. The maximum Gasteiger partial charge on any atom is 0.316 e. The van der Waals surface area contributed by atoms with E-state index in [1.54, 1.807) is 16.2 Å². The van der Waals surface area contributed by atoms with Gasteiger partial charge in [0.15, 0.2) is 5.78 Å². The van der Waals surface area contributed by atoms with Gasteiger partial charge in [0.1, 0.15) is 11.6 Å². The van der Waals surface area contributed by atoms with Crippen molar-refractivity contribution < 1.29 is 28.8 Å². The summed E-state index contributed by atoms with van der Waals surface area (Å²) in [5.41, 5.74) is 3.39. The minimum atomic E-state index is -1.09. The summed E-state index contributed by atoms with van der Waals surface area (Å²) < 4.78 is 0. The average molecular weight is 670 g/mol. The first kappa shape index (κ1) is 35.0. The van der Waals surface area contributed by atoms with Crippen molar-refractivity contribution in [3.05, 3.63) is 22.4 Å². The second kappa shape index (κ2) is 13.3. The highest BCUT2D eigenvalue weighted by molar-refractivity contribution is 7.09. The molecule has 0 aromatic carbocycles. The van der Waals surface area contributed by atoms with Crippen molar-refractivity contribution in [1.29, 1.82) is 0 Å². The fourth-order valence-electron chi connectivity index (χ4n) is 8.00. The number of ketones is 2. The number of fused-ring (bicyclic) bond motifs is 1. The Morgan fingerprint density at radius 2 is 1.74 bits per heavy atom. The van der Waals surface area contributed by atoms with Gasteiger partial charge in [-0.25, -0.2) is 4.79 Å². The number of carbonyl (C=O) groups excluding carboxylic acids is 6. The molecule has 1 aliphatic heterocycles. The van der Waals surface area contributed by atoms with Gasteiger partial charge >= 0.3 is 6.03 Å². The van der Waals surface area contributed by atoms with Crippen LogP contribution in [0.25, 0.3) is 0 Å². The molecule has 0 radical (unpaired) electrons. The molecule has 3 saturated carbocycles. The van der Waals surface area contributed by atoms with Crippen LogP contribution in [-0.2, 0) is 30.5 Å². The fraction of sp³-hybridized carbons (Fsp3) is 0.714. The van der Waals surface area contributed by atoms with Gasteiger partial charge in [-0.05, 0) is 59.3 Å². The third kappa shape index (κ3) is 7.57. The normalized spacial score (nSPS) is 25.6. The molecule has 5 atom stereocenters. The predicted molar refractivity (Wildman–Crippen MR) is 178 cm³/mol. The summed E-state index contributed by atoms with van der Waals surface area (Å²) in [6, 6.07) is 1.53. The van der Waals surface area contributed by atoms with Crippen molar-refractivity contribution in [2.45, 2.75) is 117 Å². The zero-order chi connectivity index (χ0) is 34.3. The molecule has 1 aromatic rings. The summed E-state index contributed by atoms with van der Waals surface area (Å²) in [7, 11) is 0. The zero-order valence-electron chi connectivity index (χ0n) is 28.4. The molecule has 5 amide bonds. The van der Waals surface area contributed by atoms with Gasteiger partial charge in [0.2, 0.25) is 17.6 Å². The predicted octanol–water partition coefficient (Wildman–Crippen LogP) is 3.69. The highest BCUT2D eigenvalue weighted by Crippen LogP contribution is 2.65. The van der Waals surface area contributed by atoms with E-state index >= 15 is 0 Å². The molecule has 1 aromatic heterocycles. The molecule has 5 rings (SSSR count). The molecule has 1 unspecified atom stereocenters. The van der Waals surface area contributed by atoms with E-state index in [0.717, 1.165) is 37.0 Å². The van der Waals surface area contributed by atoms with Crippen LogP contribution in [0.2, 0.25) is 0 Å². The second-order valence-electron chi connectivity index (χ2n) is 16.0. The van der Waals surface area contributed by atoms with Crippen LogP contribution in [0.1, 0.15) is 97.3 Å². The molecule has 1 saturated heterocycles. The molecular formula is C35H51N5O6S. The topological polar surface area (TPSA) is 168 Å². The van der Waals surface area contributed by atoms with E-state index in [2.05, 4.69) is 29.8 Å². The van der Waals surface area contributed by atoms with E-state index in [-0.39, 0.29) is 41.3 Å². The number of nitrogens with one attached hydrogen (secondary N) is 3. The molecule has 12 heteroatoms. The Labute approximate surface area is 281 Å². The maximum absolute atomic E-state index is 14.4. The van der Waals surface area contributed by atoms with Crippen molar-refractivity contribution in [3.63, 3.8) is 0 Å². The number of nitrogens with two attached hydrogens (primary N) is 1. The average Bonchev–Trinajstić information content (AvgIpc) is 3.71. The molecule has 4 fully saturated rings. The van der Waals surface area contributed by atoms with Crippen LogP contribution < -0.4 is 21.7 Å². The maximum atomic E-state index is 14.4. The molecule has 0 spiro atoms. The van der Waals surface area contributed by atoms with Gasteiger partial charge in [-0.2, -0.15) is 0 Å². The van der Waals surface area contributed by atoms with Crippen molar-refractivity contribution in [2.75, 3.05) is 6.54 Å². The summed E-state index contributed by atoms with van der Waals surface area (Å²) >= 11 is 1.55. The number of amides is 5. The number of piperidine rings is 1. The number of hydrogen-bond acceptors (Lipinski definition) is 7. The molecule has 47 heavy (non-hydrogen) atoms. The molecule has 258 valence electrons. The first-order chi connectivity index (χ1) is 22.0. The van der Waals surface area contributed by atoms with Gasteiger partial charge in [0.05, 0.1) is 12.6 Å². The van der Waals surface area contributed by atoms with Crippen molar-refractivity contribution in [2.24, 2.45) is 40.2 Å². The van der Waals surface area contributed by atoms with E-state index < -0.39 is 46.7 Å². The number of Topliss-reactive ketones (excluding diaryl/α,β-unsaturated/α-hetero) is 2. The smallest absolute Gasteiger partial charge is 0.316 e. The van der Waals surface area contributed by atoms with Crippen LogP contribution in [0.3, 0.4) is 0 Å². The first-order valence-corrected chi connectivity index (χ1v) is 18.0. The highest BCUT2D eigenvalue weighted by atomic mass is 32.1. The van der Waals surface area contributed by atoms with Gasteiger partial charge in [0.25, 0.3) is 5.91 Å². The Kier molecular flexibility index (Phi) is 9.93. The van der Waals surface area contributed by atoms with Gasteiger partial charge < -0.3 is 26.6 Å². The van der Waals surface area contributed by atoms with Crippen LogP contribution in [0.15, 0.2) is 17.5 Å². The van der Waals surface area contributed by atoms with Crippen molar-refractivity contribution in [1.82, 2.24) is 20.9 Å². The quantitative estimate of drug-likeness (QED) is 0.234. The second-order valence-corrected chi connectivity index (χ2v) is 17.0. The molecule has 11 nitrogen and oxygen atoms in total. The lowest BCUT2D eigenvalue weighted by atomic mass is 9.80. The third-order valence-electron chi connectivity index (χ3n) is 11.1. The highest BCUT2D eigenvalue weighted by Gasteiger charge is 2.69. The number of hydrogen-bond donors (Lipinski definition) is 4. The Morgan fingerprint density at radius 3 is 2.32 bits per heavy atom. The van der Waals surface area contributed by atoms with E-state index in [1.807, 2.05) is 38.3 Å². The van der Waals surface area contributed by atoms with E-state index in [4.69, 9.17) is 5.73 Å². The third-order valence-corrected chi connectivity index (χ3v) is 12.0. The number of nitrogens with zero attached hydrogens (tertiary/aromatic N) is 1. The van der Waals surface area contributed by atoms with E-state index in [9.17, 15) is 28.8 Å². The van der Waals surface area contributed by atoms with E-state index in [0.29, 0.717) is 38.3 Å². The van der Waals surface area contributed by atoms with Crippen LogP contribution in [-0.4, -0.2) is 64.4 Å². The number of likely N-dealkylation sites (tertiary alicyclic amines) is 1. The van der Waals surface area contributed by atoms with Crippen molar-refractivity contribution >= 4 is 46.7 Å². The van der Waals surface area contributed by atoms with Gasteiger partial charge in [-0.3, -0.25) is 24.0 Å². The Balaban J connectivity index is 1.32. The summed E-state index contributed by atoms with van der Waals surface area (Å²) in [5.74, 6) is -3.05. The fourth-order valence-corrected chi connectivity index (χ4v) is 8.64.